The van der Waals surface area contributed by atoms with Crippen molar-refractivity contribution in [2.24, 2.45) is 0 Å². The van der Waals surface area contributed by atoms with Crippen LogP contribution in [0.1, 0.15) is 27.1 Å². The van der Waals surface area contributed by atoms with E-state index in [4.69, 9.17) is 11.6 Å². The smallest absolute Gasteiger partial charge is 0.0937 e. The van der Waals surface area contributed by atoms with Crippen molar-refractivity contribution < 1.29 is 5.11 Å². The number of aromatic nitrogens is 1. The zero-order chi connectivity index (χ0) is 13.1. The Balaban J connectivity index is 2.16. The average Bonchev–Trinajstić information content (AvgIpc) is 2.67. The van der Waals surface area contributed by atoms with Gasteiger partial charge in [-0.25, -0.2) is 4.98 Å². The van der Waals surface area contributed by atoms with Gasteiger partial charge >= 0.3 is 0 Å². The fourth-order valence-corrected chi connectivity index (χ4v) is 3.00. The molecule has 1 heterocycles. The zero-order valence-corrected chi connectivity index (χ0v) is 12.1. The highest BCUT2D eigenvalue weighted by Crippen LogP contribution is 2.25. The monoisotopic (exact) mass is 281 g/mol. The number of aliphatic hydroxyl groups excluding tert-OH is 1. The fourth-order valence-electron chi connectivity index (χ4n) is 1.86. The Hall–Kier alpha value is -0.900. The van der Waals surface area contributed by atoms with Crippen molar-refractivity contribution in [2.45, 2.75) is 26.2 Å². The number of rotatable bonds is 4. The van der Waals surface area contributed by atoms with Crippen LogP contribution in [0.5, 0.6) is 0 Å². The van der Waals surface area contributed by atoms with Crippen LogP contribution in [0, 0.1) is 13.8 Å². The summed E-state index contributed by atoms with van der Waals surface area (Å²) in [5, 5.41) is 11.3. The highest BCUT2D eigenvalue weighted by Gasteiger charge is 2.14. The van der Waals surface area contributed by atoms with Gasteiger partial charge in [-0.15, -0.1) is 11.3 Å². The van der Waals surface area contributed by atoms with Crippen LogP contribution in [0.2, 0.25) is 5.02 Å². The van der Waals surface area contributed by atoms with Crippen LogP contribution < -0.4 is 0 Å². The normalized spacial score (nSPS) is 12.7. The van der Waals surface area contributed by atoms with Gasteiger partial charge in [0.1, 0.15) is 0 Å². The Kier molecular flexibility index (Phi) is 4.38. The first kappa shape index (κ1) is 13.5. The minimum Gasteiger partial charge on any atom is -0.396 e. The first-order valence-electron chi connectivity index (χ1n) is 5.89. The molecule has 0 fully saturated rings. The van der Waals surface area contributed by atoms with Crippen LogP contribution in [0.15, 0.2) is 24.3 Å². The predicted molar refractivity (Wildman–Crippen MR) is 76.6 cm³/mol. The second-order valence-corrected chi connectivity index (χ2v) is 6.11. The second kappa shape index (κ2) is 5.83. The highest BCUT2D eigenvalue weighted by atomic mass is 35.5. The van der Waals surface area contributed by atoms with Crippen LogP contribution >= 0.6 is 22.9 Å². The lowest BCUT2D eigenvalue weighted by molar-refractivity contribution is 0.264. The van der Waals surface area contributed by atoms with E-state index < -0.39 is 0 Å². The number of hydrogen-bond acceptors (Lipinski definition) is 3. The molecular weight excluding hydrogens is 266 g/mol. The van der Waals surface area contributed by atoms with Crippen molar-refractivity contribution in [1.29, 1.82) is 0 Å². The van der Waals surface area contributed by atoms with Crippen LogP contribution in [0.3, 0.4) is 0 Å². The number of benzene rings is 1. The Bertz CT molecular complexity index is 502. The van der Waals surface area contributed by atoms with E-state index in [0.29, 0.717) is 0 Å². The number of nitrogens with zero attached hydrogens (tertiary/aromatic N) is 1. The van der Waals surface area contributed by atoms with E-state index in [0.717, 1.165) is 27.7 Å². The Morgan fingerprint density at radius 3 is 2.44 bits per heavy atom. The molecule has 18 heavy (non-hydrogen) atoms. The SMILES string of the molecule is Cc1nc(CC(CO)c2ccc(Cl)cc2)sc1C. The Morgan fingerprint density at radius 2 is 1.94 bits per heavy atom. The third-order valence-electron chi connectivity index (χ3n) is 3.06. The van der Waals surface area contributed by atoms with E-state index in [9.17, 15) is 5.11 Å². The van der Waals surface area contributed by atoms with Crippen molar-refractivity contribution in [3.63, 3.8) is 0 Å². The minimum atomic E-state index is 0.0900. The molecule has 4 heteroatoms. The average molecular weight is 282 g/mol. The predicted octanol–water partition coefficient (Wildman–Crippen LogP) is 3.73. The molecule has 0 aliphatic rings. The van der Waals surface area contributed by atoms with Crippen molar-refractivity contribution in [3.05, 3.63) is 50.4 Å². The maximum absolute atomic E-state index is 9.53. The summed E-state index contributed by atoms with van der Waals surface area (Å²) < 4.78 is 0. The summed E-state index contributed by atoms with van der Waals surface area (Å²) in [6.45, 7) is 4.22. The van der Waals surface area contributed by atoms with Crippen LogP contribution in [0.25, 0.3) is 0 Å². The van der Waals surface area contributed by atoms with Crippen molar-refractivity contribution in [3.8, 4) is 0 Å². The summed E-state index contributed by atoms with van der Waals surface area (Å²) in [6.07, 6.45) is 0.775. The molecule has 1 aromatic heterocycles. The lowest BCUT2D eigenvalue weighted by Crippen LogP contribution is -2.07. The molecule has 0 aliphatic carbocycles. The van der Waals surface area contributed by atoms with Gasteiger partial charge in [0.15, 0.2) is 0 Å². The number of aliphatic hydroxyl groups is 1. The van der Waals surface area contributed by atoms with Crippen LogP contribution in [-0.4, -0.2) is 16.7 Å². The highest BCUT2D eigenvalue weighted by molar-refractivity contribution is 7.11. The molecule has 1 aromatic carbocycles. The van der Waals surface area contributed by atoms with E-state index in [-0.39, 0.29) is 12.5 Å². The molecule has 0 spiro atoms. The summed E-state index contributed by atoms with van der Waals surface area (Å²) in [6, 6.07) is 7.66. The molecular formula is C14H16ClNOS. The Morgan fingerprint density at radius 1 is 1.28 bits per heavy atom. The van der Waals surface area contributed by atoms with Crippen molar-refractivity contribution in [1.82, 2.24) is 4.98 Å². The molecule has 1 N–H and O–H groups in total. The molecule has 96 valence electrons. The van der Waals surface area contributed by atoms with Gasteiger partial charge in [0, 0.05) is 22.2 Å². The largest absolute Gasteiger partial charge is 0.396 e. The van der Waals surface area contributed by atoms with E-state index >= 15 is 0 Å². The van der Waals surface area contributed by atoms with Gasteiger partial charge in [-0.05, 0) is 31.5 Å². The minimum absolute atomic E-state index is 0.0900. The van der Waals surface area contributed by atoms with Gasteiger partial charge in [-0.3, -0.25) is 0 Å². The molecule has 2 aromatic rings. The number of thiazole rings is 1. The molecule has 0 radical (unpaired) electrons. The molecule has 0 aliphatic heterocycles. The third kappa shape index (κ3) is 3.10. The summed E-state index contributed by atoms with van der Waals surface area (Å²) in [7, 11) is 0. The number of aryl methyl sites for hydroxylation is 2. The Labute approximate surface area is 116 Å². The van der Waals surface area contributed by atoms with Gasteiger partial charge in [-0.1, -0.05) is 23.7 Å². The lowest BCUT2D eigenvalue weighted by Gasteiger charge is -2.13. The summed E-state index contributed by atoms with van der Waals surface area (Å²) in [4.78, 5) is 5.77. The summed E-state index contributed by atoms with van der Waals surface area (Å²) in [5.41, 5.74) is 2.19. The molecule has 1 unspecified atom stereocenters. The maximum atomic E-state index is 9.53. The van der Waals surface area contributed by atoms with Gasteiger partial charge in [0.2, 0.25) is 0 Å². The molecule has 0 bridgehead atoms. The molecule has 0 saturated carbocycles. The zero-order valence-electron chi connectivity index (χ0n) is 10.5. The van der Waals surface area contributed by atoms with Gasteiger partial charge < -0.3 is 5.11 Å². The van der Waals surface area contributed by atoms with Gasteiger partial charge in [0.25, 0.3) is 0 Å². The number of halogens is 1. The first-order valence-corrected chi connectivity index (χ1v) is 7.09. The molecule has 0 saturated heterocycles. The first-order chi connectivity index (χ1) is 8.60. The fraction of sp³-hybridized carbons (Fsp3) is 0.357. The second-order valence-electron chi connectivity index (χ2n) is 4.38. The standard InChI is InChI=1S/C14H16ClNOS/c1-9-10(2)18-14(16-9)7-12(8-17)11-3-5-13(15)6-4-11/h3-6,12,17H,7-8H2,1-2H3. The van der Waals surface area contributed by atoms with E-state index in [1.165, 1.54) is 4.88 Å². The topological polar surface area (TPSA) is 33.1 Å². The van der Waals surface area contributed by atoms with Crippen LogP contribution in [-0.2, 0) is 6.42 Å². The molecule has 0 amide bonds. The summed E-state index contributed by atoms with van der Waals surface area (Å²) >= 11 is 7.58. The van der Waals surface area contributed by atoms with Gasteiger partial charge in [-0.2, -0.15) is 0 Å². The lowest BCUT2D eigenvalue weighted by atomic mass is 9.97. The van der Waals surface area contributed by atoms with E-state index in [1.807, 2.05) is 31.2 Å². The third-order valence-corrected chi connectivity index (χ3v) is 4.40. The molecule has 2 nitrogen and oxygen atoms in total. The van der Waals surface area contributed by atoms with Crippen molar-refractivity contribution >= 4 is 22.9 Å². The molecule has 2 rings (SSSR count). The quantitative estimate of drug-likeness (QED) is 0.926. The summed E-state index contributed by atoms with van der Waals surface area (Å²) in [5.74, 6) is 0.0900. The molecule has 1 atom stereocenters. The van der Waals surface area contributed by atoms with Crippen molar-refractivity contribution in [2.75, 3.05) is 6.61 Å². The number of hydrogen-bond donors (Lipinski definition) is 1. The van der Waals surface area contributed by atoms with Crippen LogP contribution in [0.4, 0.5) is 0 Å². The van der Waals surface area contributed by atoms with Gasteiger partial charge in [0.05, 0.1) is 17.3 Å². The van der Waals surface area contributed by atoms with E-state index in [2.05, 4.69) is 11.9 Å². The maximum Gasteiger partial charge on any atom is 0.0937 e. The van der Waals surface area contributed by atoms with E-state index in [1.54, 1.807) is 11.3 Å².